The van der Waals surface area contributed by atoms with E-state index in [4.69, 9.17) is 10.5 Å². The number of nitriles is 1. The molecule has 2 aliphatic heterocycles. The Balaban J connectivity index is 2.17. The Morgan fingerprint density at radius 2 is 2.08 bits per heavy atom. The number of fused-ring (bicyclic) bond motifs is 3. The lowest BCUT2D eigenvalue weighted by Gasteiger charge is -2.42. The quantitative estimate of drug-likeness (QED) is 0.679. The third-order valence-corrected chi connectivity index (χ3v) is 5.89. The first-order valence-corrected chi connectivity index (χ1v) is 9.01. The van der Waals surface area contributed by atoms with E-state index in [2.05, 4.69) is 21.2 Å². The number of halogens is 1. The van der Waals surface area contributed by atoms with Crippen molar-refractivity contribution in [3.05, 3.63) is 51.0 Å². The number of hydrogen-bond acceptors (Lipinski definition) is 5. The third-order valence-electron chi connectivity index (χ3n) is 5.39. The molecule has 6 nitrogen and oxygen atoms in total. The molecule has 0 radical (unpaired) electrons. The van der Waals surface area contributed by atoms with E-state index >= 15 is 0 Å². The van der Waals surface area contributed by atoms with E-state index < -0.39 is 16.7 Å². The summed E-state index contributed by atoms with van der Waals surface area (Å²) in [5.41, 5.74) is 5.31. The van der Waals surface area contributed by atoms with Crippen LogP contribution >= 0.6 is 15.9 Å². The van der Waals surface area contributed by atoms with Gasteiger partial charge in [0.2, 0.25) is 11.8 Å². The number of hydrogen-bond donors (Lipinski definition) is 2. The SMILES string of the molecule is CC1(C)CCC(=O)C2=C1OC(N)=C(C#N)C21C(=O)Nc2ccc(Br)cc21. The molecule has 0 saturated heterocycles. The Morgan fingerprint density at radius 3 is 2.77 bits per heavy atom. The number of amides is 1. The molecule has 3 aliphatic rings. The van der Waals surface area contributed by atoms with E-state index in [1.165, 1.54) is 0 Å². The van der Waals surface area contributed by atoms with Crippen molar-refractivity contribution in [2.45, 2.75) is 32.1 Å². The number of Topliss-reactive ketones (excluding diaryl/α,β-unsaturated/α-hetero) is 1. The van der Waals surface area contributed by atoms with Gasteiger partial charge in [-0.25, -0.2) is 0 Å². The van der Waals surface area contributed by atoms with Crippen LogP contribution < -0.4 is 11.1 Å². The normalized spacial score (nSPS) is 26.2. The minimum absolute atomic E-state index is 0.0448. The molecular formula is C19H16BrN3O3. The fourth-order valence-electron chi connectivity index (χ4n) is 4.08. The van der Waals surface area contributed by atoms with E-state index in [0.29, 0.717) is 23.4 Å². The van der Waals surface area contributed by atoms with Crippen molar-refractivity contribution in [2.75, 3.05) is 5.32 Å². The zero-order valence-corrected chi connectivity index (χ0v) is 15.9. The number of ether oxygens (including phenoxy) is 1. The van der Waals surface area contributed by atoms with Gasteiger partial charge in [0.05, 0.1) is 5.57 Å². The molecule has 1 aromatic carbocycles. The van der Waals surface area contributed by atoms with Crippen LogP contribution in [0.4, 0.5) is 5.69 Å². The number of allylic oxidation sites excluding steroid dienone is 1. The minimum Gasteiger partial charge on any atom is -0.444 e. The molecular weight excluding hydrogens is 398 g/mol. The van der Waals surface area contributed by atoms with Gasteiger partial charge in [0.1, 0.15) is 22.8 Å². The molecule has 1 spiro atoms. The number of benzene rings is 1. The van der Waals surface area contributed by atoms with Crippen molar-refractivity contribution >= 4 is 33.3 Å². The zero-order chi connectivity index (χ0) is 18.9. The highest BCUT2D eigenvalue weighted by Crippen LogP contribution is 2.57. The van der Waals surface area contributed by atoms with Crippen LogP contribution in [0.3, 0.4) is 0 Å². The summed E-state index contributed by atoms with van der Waals surface area (Å²) in [5, 5.41) is 12.6. The molecule has 0 aromatic heterocycles. The number of nitrogens with one attached hydrogen (secondary N) is 1. The average Bonchev–Trinajstić information content (AvgIpc) is 2.84. The number of anilines is 1. The Hall–Kier alpha value is -2.59. The highest BCUT2D eigenvalue weighted by molar-refractivity contribution is 9.10. The van der Waals surface area contributed by atoms with Gasteiger partial charge in [-0.05, 0) is 24.6 Å². The van der Waals surface area contributed by atoms with Crippen LogP contribution in [0.2, 0.25) is 0 Å². The number of nitrogens with two attached hydrogens (primary N) is 1. The lowest BCUT2D eigenvalue weighted by Crippen LogP contribution is -2.48. The van der Waals surface area contributed by atoms with Crippen LogP contribution in [0, 0.1) is 16.7 Å². The van der Waals surface area contributed by atoms with Gasteiger partial charge in [0.25, 0.3) is 0 Å². The molecule has 0 saturated carbocycles. The van der Waals surface area contributed by atoms with Gasteiger partial charge in [-0.1, -0.05) is 29.8 Å². The summed E-state index contributed by atoms with van der Waals surface area (Å²) >= 11 is 3.42. The summed E-state index contributed by atoms with van der Waals surface area (Å²) in [6, 6.07) is 7.31. The molecule has 1 aromatic rings. The zero-order valence-electron chi connectivity index (χ0n) is 14.3. The summed E-state index contributed by atoms with van der Waals surface area (Å²) in [6.07, 6.45) is 0.870. The minimum atomic E-state index is -1.57. The van der Waals surface area contributed by atoms with Crippen LogP contribution in [0.15, 0.2) is 45.5 Å². The second-order valence-corrected chi connectivity index (χ2v) is 8.27. The van der Waals surface area contributed by atoms with E-state index in [1.807, 2.05) is 19.9 Å². The molecule has 1 amide bonds. The van der Waals surface area contributed by atoms with Crippen molar-refractivity contribution in [3.8, 4) is 6.07 Å². The van der Waals surface area contributed by atoms with Crippen molar-refractivity contribution in [1.29, 1.82) is 5.26 Å². The molecule has 1 aliphatic carbocycles. The molecule has 0 bridgehead atoms. The first-order chi connectivity index (χ1) is 12.2. The van der Waals surface area contributed by atoms with E-state index in [-0.39, 0.29) is 29.2 Å². The van der Waals surface area contributed by atoms with Crippen LogP contribution in [0.25, 0.3) is 0 Å². The molecule has 3 N–H and O–H groups in total. The van der Waals surface area contributed by atoms with E-state index in [9.17, 15) is 14.9 Å². The van der Waals surface area contributed by atoms with Gasteiger partial charge in [0.15, 0.2) is 5.78 Å². The van der Waals surface area contributed by atoms with Gasteiger partial charge in [-0.15, -0.1) is 0 Å². The molecule has 4 rings (SSSR count). The van der Waals surface area contributed by atoms with Crippen molar-refractivity contribution in [3.63, 3.8) is 0 Å². The predicted molar refractivity (Wildman–Crippen MR) is 97.4 cm³/mol. The first-order valence-electron chi connectivity index (χ1n) is 8.21. The second-order valence-electron chi connectivity index (χ2n) is 7.36. The second kappa shape index (κ2) is 5.21. The Morgan fingerprint density at radius 1 is 1.35 bits per heavy atom. The van der Waals surface area contributed by atoms with Crippen LogP contribution in [-0.4, -0.2) is 11.7 Å². The van der Waals surface area contributed by atoms with Gasteiger partial charge >= 0.3 is 0 Å². The summed E-state index contributed by atoms with van der Waals surface area (Å²) in [5.74, 6) is -0.389. The number of rotatable bonds is 0. The molecule has 1 atom stereocenters. The van der Waals surface area contributed by atoms with Gasteiger partial charge in [0, 0.05) is 27.6 Å². The summed E-state index contributed by atoms with van der Waals surface area (Å²) < 4.78 is 6.50. The Kier molecular flexibility index (Phi) is 3.38. The monoisotopic (exact) mass is 413 g/mol. The van der Waals surface area contributed by atoms with Crippen molar-refractivity contribution in [1.82, 2.24) is 0 Å². The molecule has 26 heavy (non-hydrogen) atoms. The largest absolute Gasteiger partial charge is 0.444 e. The lowest BCUT2D eigenvalue weighted by atomic mass is 9.61. The third kappa shape index (κ3) is 1.91. The highest BCUT2D eigenvalue weighted by atomic mass is 79.9. The van der Waals surface area contributed by atoms with Crippen LogP contribution in [0.1, 0.15) is 32.3 Å². The van der Waals surface area contributed by atoms with Gasteiger partial charge in [-0.3, -0.25) is 9.59 Å². The summed E-state index contributed by atoms with van der Waals surface area (Å²) in [6.45, 7) is 3.89. The highest BCUT2D eigenvalue weighted by Gasteiger charge is 2.61. The molecule has 132 valence electrons. The summed E-state index contributed by atoms with van der Waals surface area (Å²) in [4.78, 5) is 26.2. The number of carbonyl (C=O) groups is 2. The number of carbonyl (C=O) groups excluding carboxylic acids is 2. The van der Waals surface area contributed by atoms with Crippen LogP contribution in [0.5, 0.6) is 0 Å². The Bertz CT molecular complexity index is 1000. The lowest BCUT2D eigenvalue weighted by molar-refractivity contribution is -0.124. The molecule has 1 unspecified atom stereocenters. The maximum Gasteiger partial charge on any atom is 0.245 e. The molecule has 7 heteroatoms. The standard InChI is InChI=1S/C19H16BrN3O3/c1-18(2)6-5-13(24)14-15(18)26-16(22)11(8-21)19(14)10-7-9(20)3-4-12(10)23-17(19)25/h3-4,7H,5-6,22H2,1-2H3,(H,23,25). The van der Waals surface area contributed by atoms with E-state index in [1.54, 1.807) is 18.2 Å². The summed E-state index contributed by atoms with van der Waals surface area (Å²) in [7, 11) is 0. The average molecular weight is 414 g/mol. The maximum atomic E-state index is 13.2. The topological polar surface area (TPSA) is 105 Å². The fraction of sp³-hybridized carbons (Fsp3) is 0.316. The number of ketones is 1. The van der Waals surface area contributed by atoms with Crippen molar-refractivity contribution in [2.24, 2.45) is 11.1 Å². The van der Waals surface area contributed by atoms with Crippen molar-refractivity contribution < 1.29 is 14.3 Å². The fourth-order valence-corrected chi connectivity index (χ4v) is 4.44. The molecule has 2 heterocycles. The Labute approximate surface area is 158 Å². The van der Waals surface area contributed by atoms with Gasteiger partial charge < -0.3 is 15.8 Å². The smallest absolute Gasteiger partial charge is 0.245 e. The van der Waals surface area contributed by atoms with E-state index in [0.717, 1.165) is 4.47 Å². The predicted octanol–water partition coefficient (Wildman–Crippen LogP) is 3.01. The molecule has 0 fully saturated rings. The maximum absolute atomic E-state index is 13.2. The van der Waals surface area contributed by atoms with Crippen LogP contribution in [-0.2, 0) is 19.7 Å². The number of nitrogens with zero attached hydrogens (tertiary/aromatic N) is 1. The first kappa shape index (κ1) is 16.9. The van der Waals surface area contributed by atoms with Gasteiger partial charge in [-0.2, -0.15) is 5.26 Å².